The van der Waals surface area contributed by atoms with Crippen molar-refractivity contribution in [2.75, 3.05) is 5.32 Å². The predicted octanol–water partition coefficient (Wildman–Crippen LogP) is 3.54. The second-order valence-corrected chi connectivity index (χ2v) is 6.22. The fourth-order valence-corrected chi connectivity index (χ4v) is 3.49. The summed E-state index contributed by atoms with van der Waals surface area (Å²) in [7, 11) is 0. The number of fused-ring (bicyclic) bond motifs is 2. The molecule has 2 aliphatic rings. The first kappa shape index (κ1) is 13.6. The second kappa shape index (κ2) is 4.73. The molecule has 6 heteroatoms. The fraction of sp³-hybridized carbons (Fsp3) is 0.125. The van der Waals surface area contributed by atoms with Gasteiger partial charge < -0.3 is 5.32 Å². The molecule has 2 heterocycles. The summed E-state index contributed by atoms with van der Waals surface area (Å²) in [4.78, 5) is 12.5. The molecule has 1 spiro atoms. The Morgan fingerprint density at radius 2 is 1.95 bits per heavy atom. The van der Waals surface area contributed by atoms with E-state index in [2.05, 4.69) is 15.8 Å². The summed E-state index contributed by atoms with van der Waals surface area (Å²) in [5.41, 5.74) is 5.41. The highest BCUT2D eigenvalue weighted by Gasteiger charge is 2.50. The summed E-state index contributed by atoms with van der Waals surface area (Å²) in [6.07, 6.45) is 0.442. The van der Waals surface area contributed by atoms with Gasteiger partial charge in [0.2, 0.25) is 0 Å². The lowest BCUT2D eigenvalue weighted by atomic mass is 9.86. The number of nitrogens with zero attached hydrogens (tertiary/aromatic N) is 1. The Labute approximate surface area is 137 Å². The zero-order chi connectivity index (χ0) is 15.3. The first-order chi connectivity index (χ1) is 10.6. The Morgan fingerprint density at radius 3 is 2.77 bits per heavy atom. The number of anilines is 1. The number of halogens is 2. The van der Waals surface area contributed by atoms with Crippen molar-refractivity contribution in [2.24, 2.45) is 5.10 Å². The molecule has 110 valence electrons. The van der Waals surface area contributed by atoms with Gasteiger partial charge in [0.25, 0.3) is 5.91 Å². The Balaban J connectivity index is 1.74. The van der Waals surface area contributed by atoms with Gasteiger partial charge in [-0.25, -0.2) is 0 Å². The molecular weight excluding hydrogens is 321 g/mol. The number of nitrogens with one attached hydrogen (secondary N) is 2. The largest absolute Gasteiger partial charge is 0.323 e. The van der Waals surface area contributed by atoms with E-state index < -0.39 is 5.54 Å². The highest BCUT2D eigenvalue weighted by Crippen LogP contribution is 2.42. The van der Waals surface area contributed by atoms with E-state index in [9.17, 15) is 4.79 Å². The molecule has 4 nitrogen and oxygen atoms in total. The third-order valence-electron chi connectivity index (χ3n) is 4.08. The minimum atomic E-state index is -0.852. The van der Waals surface area contributed by atoms with Gasteiger partial charge in [-0.05, 0) is 18.2 Å². The zero-order valence-electron chi connectivity index (χ0n) is 11.4. The van der Waals surface area contributed by atoms with E-state index in [-0.39, 0.29) is 5.91 Å². The quantitative estimate of drug-likeness (QED) is 0.839. The highest BCUT2D eigenvalue weighted by atomic mass is 35.5. The van der Waals surface area contributed by atoms with Gasteiger partial charge in [-0.3, -0.25) is 10.2 Å². The Hall–Kier alpha value is -2.04. The average molecular weight is 332 g/mol. The van der Waals surface area contributed by atoms with Crippen LogP contribution in [-0.4, -0.2) is 11.6 Å². The topological polar surface area (TPSA) is 53.5 Å². The SMILES string of the molecule is O=C1Nc2ccccc2C12CC(c1ccc(Cl)cc1Cl)=NN2. The lowest BCUT2D eigenvalue weighted by Gasteiger charge is -2.20. The molecule has 0 radical (unpaired) electrons. The maximum atomic E-state index is 12.5. The average Bonchev–Trinajstić information content (AvgIpc) is 3.04. The number of hydrogen-bond acceptors (Lipinski definition) is 3. The monoisotopic (exact) mass is 331 g/mol. The van der Waals surface area contributed by atoms with Gasteiger partial charge in [0.1, 0.15) is 0 Å². The van der Waals surface area contributed by atoms with Crippen LogP contribution in [0.2, 0.25) is 10.0 Å². The van der Waals surface area contributed by atoms with Crippen molar-refractivity contribution >= 4 is 40.5 Å². The van der Waals surface area contributed by atoms with Gasteiger partial charge in [0.05, 0.1) is 10.7 Å². The lowest BCUT2D eigenvalue weighted by Crippen LogP contribution is -2.42. The molecule has 0 bridgehead atoms. The number of para-hydroxylation sites is 1. The molecule has 22 heavy (non-hydrogen) atoms. The van der Waals surface area contributed by atoms with E-state index in [1.165, 1.54) is 0 Å². The van der Waals surface area contributed by atoms with Crippen LogP contribution in [0, 0.1) is 0 Å². The molecule has 1 amide bonds. The Morgan fingerprint density at radius 1 is 1.14 bits per heavy atom. The van der Waals surface area contributed by atoms with Gasteiger partial charge in [-0.15, -0.1) is 0 Å². The number of amides is 1. The molecular formula is C16H11Cl2N3O. The van der Waals surface area contributed by atoms with Crippen LogP contribution in [0.25, 0.3) is 0 Å². The van der Waals surface area contributed by atoms with Crippen LogP contribution in [-0.2, 0) is 10.3 Å². The molecule has 2 aromatic carbocycles. The first-order valence-corrected chi connectivity index (χ1v) is 7.56. The van der Waals surface area contributed by atoms with E-state index >= 15 is 0 Å². The third-order valence-corrected chi connectivity index (χ3v) is 4.63. The van der Waals surface area contributed by atoms with E-state index in [0.29, 0.717) is 16.5 Å². The van der Waals surface area contributed by atoms with Crippen LogP contribution in [0.5, 0.6) is 0 Å². The molecule has 1 atom stereocenters. The number of benzene rings is 2. The Kier molecular flexibility index (Phi) is 2.93. The molecule has 2 aliphatic heterocycles. The molecule has 0 aliphatic carbocycles. The van der Waals surface area contributed by atoms with Crippen LogP contribution < -0.4 is 10.7 Å². The molecule has 1 unspecified atom stereocenters. The molecule has 0 saturated carbocycles. The predicted molar refractivity (Wildman–Crippen MR) is 87.5 cm³/mol. The molecule has 0 aromatic heterocycles. The first-order valence-electron chi connectivity index (χ1n) is 6.80. The van der Waals surface area contributed by atoms with Crippen molar-refractivity contribution in [3.8, 4) is 0 Å². The van der Waals surface area contributed by atoms with Gasteiger partial charge in [0.15, 0.2) is 5.54 Å². The minimum absolute atomic E-state index is 0.0995. The summed E-state index contributed by atoms with van der Waals surface area (Å²) < 4.78 is 0. The maximum Gasteiger partial charge on any atom is 0.256 e. The third kappa shape index (κ3) is 1.84. The number of carbonyl (C=O) groups is 1. The van der Waals surface area contributed by atoms with Gasteiger partial charge in [-0.2, -0.15) is 5.10 Å². The second-order valence-electron chi connectivity index (χ2n) is 5.38. The normalized spacial score (nSPS) is 22.3. The van der Waals surface area contributed by atoms with Crippen molar-refractivity contribution in [3.63, 3.8) is 0 Å². The molecule has 0 fully saturated rings. The minimum Gasteiger partial charge on any atom is -0.323 e. The summed E-state index contributed by atoms with van der Waals surface area (Å²) in [5, 5.41) is 8.35. The Bertz CT molecular complexity index is 834. The van der Waals surface area contributed by atoms with E-state index in [1.807, 2.05) is 30.3 Å². The standard InChI is InChI=1S/C16H11Cl2N3O/c17-9-5-6-10(12(18)7-9)14-8-16(21-20-14)11-3-1-2-4-13(11)19-15(16)22/h1-7,21H,8H2,(H,19,22). The number of rotatable bonds is 1. The van der Waals surface area contributed by atoms with Crippen molar-refractivity contribution < 1.29 is 4.79 Å². The maximum absolute atomic E-state index is 12.5. The molecule has 0 saturated heterocycles. The van der Waals surface area contributed by atoms with Crippen LogP contribution in [0.3, 0.4) is 0 Å². The van der Waals surface area contributed by atoms with Crippen molar-refractivity contribution in [2.45, 2.75) is 12.0 Å². The van der Waals surface area contributed by atoms with Crippen LogP contribution in [0.15, 0.2) is 47.6 Å². The lowest BCUT2D eigenvalue weighted by molar-refractivity contribution is -0.121. The number of hydrogen-bond donors (Lipinski definition) is 2. The fourth-order valence-electron chi connectivity index (χ4n) is 2.97. The summed E-state index contributed by atoms with van der Waals surface area (Å²) in [6.45, 7) is 0. The van der Waals surface area contributed by atoms with Crippen molar-refractivity contribution in [1.29, 1.82) is 0 Å². The van der Waals surface area contributed by atoms with Gasteiger partial charge in [-0.1, -0.05) is 47.5 Å². The van der Waals surface area contributed by atoms with E-state index in [4.69, 9.17) is 23.2 Å². The zero-order valence-corrected chi connectivity index (χ0v) is 12.9. The van der Waals surface area contributed by atoms with E-state index in [1.54, 1.807) is 12.1 Å². The number of hydrazone groups is 1. The summed E-state index contributed by atoms with van der Waals surface area (Å²) in [5.74, 6) is -0.0995. The van der Waals surface area contributed by atoms with Crippen LogP contribution >= 0.6 is 23.2 Å². The molecule has 4 rings (SSSR count). The summed E-state index contributed by atoms with van der Waals surface area (Å²) in [6, 6.07) is 12.9. The van der Waals surface area contributed by atoms with Crippen molar-refractivity contribution in [1.82, 2.24) is 5.43 Å². The molecule has 2 aromatic rings. The summed E-state index contributed by atoms with van der Waals surface area (Å²) >= 11 is 12.2. The van der Waals surface area contributed by atoms with Gasteiger partial charge in [0, 0.05) is 28.3 Å². The smallest absolute Gasteiger partial charge is 0.256 e. The molecule has 2 N–H and O–H groups in total. The highest BCUT2D eigenvalue weighted by molar-refractivity contribution is 6.37. The van der Waals surface area contributed by atoms with E-state index in [0.717, 1.165) is 22.5 Å². The van der Waals surface area contributed by atoms with Crippen LogP contribution in [0.4, 0.5) is 5.69 Å². The number of carbonyl (C=O) groups excluding carboxylic acids is 1. The van der Waals surface area contributed by atoms with Crippen molar-refractivity contribution in [3.05, 3.63) is 63.6 Å². The van der Waals surface area contributed by atoms with Gasteiger partial charge >= 0.3 is 0 Å². The van der Waals surface area contributed by atoms with Crippen LogP contribution in [0.1, 0.15) is 17.5 Å².